The molecule has 176 valence electrons. The molecule has 0 spiro atoms. The number of nitrogens with zero attached hydrogens (tertiary/aromatic N) is 1. The number of likely N-dealkylation sites (N-methyl/N-ethyl adjacent to an activating group) is 1. The molecule has 2 aromatic rings. The number of benzene rings is 2. The van der Waals surface area contributed by atoms with Crippen molar-refractivity contribution >= 4 is 17.4 Å². The van der Waals surface area contributed by atoms with Crippen molar-refractivity contribution in [2.24, 2.45) is 0 Å². The molecular formula is C26H32N2O5. The van der Waals surface area contributed by atoms with Gasteiger partial charge < -0.3 is 24.4 Å². The van der Waals surface area contributed by atoms with Gasteiger partial charge in [-0.25, -0.2) is 0 Å². The van der Waals surface area contributed by atoms with Crippen molar-refractivity contribution in [2.45, 2.75) is 26.3 Å². The number of likely N-dealkylation sites (tertiary alicyclic amines) is 1. The summed E-state index contributed by atoms with van der Waals surface area (Å²) in [7, 11) is 3.96. The van der Waals surface area contributed by atoms with Crippen LogP contribution in [0.1, 0.15) is 37.4 Å². The number of nitrogens with one attached hydrogen (secondary N) is 1. The summed E-state index contributed by atoms with van der Waals surface area (Å²) in [5, 5.41) is 13.5. The van der Waals surface area contributed by atoms with Gasteiger partial charge in [-0.3, -0.25) is 9.59 Å². The molecule has 1 saturated heterocycles. The van der Waals surface area contributed by atoms with Gasteiger partial charge in [0.2, 0.25) is 5.78 Å². The van der Waals surface area contributed by atoms with E-state index in [0.717, 1.165) is 11.3 Å². The van der Waals surface area contributed by atoms with Crippen LogP contribution >= 0.6 is 0 Å². The Morgan fingerprint density at radius 2 is 1.76 bits per heavy atom. The van der Waals surface area contributed by atoms with Crippen LogP contribution in [0.2, 0.25) is 0 Å². The minimum atomic E-state index is -0.756. The average Bonchev–Trinajstić information content (AvgIpc) is 3.06. The van der Waals surface area contributed by atoms with Gasteiger partial charge in [0.05, 0.1) is 46.4 Å². The lowest BCUT2D eigenvalue weighted by atomic mass is 9.95. The van der Waals surface area contributed by atoms with Crippen LogP contribution in [0.4, 0.5) is 0 Å². The number of Topliss-reactive ketones (excluding diaryl/α,β-unsaturated/α-hetero) is 1. The molecule has 0 bridgehead atoms. The zero-order chi connectivity index (χ0) is 24.0. The Labute approximate surface area is 195 Å². The summed E-state index contributed by atoms with van der Waals surface area (Å²) in [4.78, 5) is 28.7. The quantitative estimate of drug-likeness (QED) is 0.333. The first-order valence-corrected chi connectivity index (χ1v) is 11.4. The van der Waals surface area contributed by atoms with E-state index in [1.165, 1.54) is 4.90 Å². The van der Waals surface area contributed by atoms with E-state index >= 15 is 0 Å². The molecule has 1 aliphatic rings. The smallest absolute Gasteiger partial charge is 0.295 e. The average molecular weight is 453 g/mol. The van der Waals surface area contributed by atoms with Crippen LogP contribution in [0.3, 0.4) is 0 Å². The van der Waals surface area contributed by atoms with Crippen LogP contribution in [0.15, 0.2) is 54.1 Å². The summed E-state index contributed by atoms with van der Waals surface area (Å²) >= 11 is 0. The van der Waals surface area contributed by atoms with Crippen molar-refractivity contribution in [2.75, 3.05) is 40.4 Å². The third kappa shape index (κ3) is 5.54. The molecule has 0 radical (unpaired) electrons. The maximum Gasteiger partial charge on any atom is 0.295 e. The van der Waals surface area contributed by atoms with Crippen LogP contribution < -0.4 is 19.5 Å². The number of ketones is 1. The monoisotopic (exact) mass is 452 g/mol. The molecule has 7 nitrogen and oxygen atoms in total. The van der Waals surface area contributed by atoms with E-state index in [4.69, 9.17) is 9.47 Å². The molecule has 33 heavy (non-hydrogen) atoms. The van der Waals surface area contributed by atoms with Gasteiger partial charge >= 0.3 is 0 Å². The first kappa shape index (κ1) is 24.3. The van der Waals surface area contributed by atoms with Gasteiger partial charge in [-0.2, -0.15) is 0 Å². The highest BCUT2D eigenvalue weighted by Crippen LogP contribution is 2.39. The van der Waals surface area contributed by atoms with Gasteiger partial charge in [0.1, 0.15) is 11.5 Å². The van der Waals surface area contributed by atoms with Crippen molar-refractivity contribution in [1.82, 2.24) is 4.90 Å². The predicted octanol–water partition coefficient (Wildman–Crippen LogP) is 1.24. The molecule has 0 aromatic heterocycles. The summed E-state index contributed by atoms with van der Waals surface area (Å²) in [5.74, 6) is -0.545. The molecule has 3 rings (SSSR count). The van der Waals surface area contributed by atoms with Crippen LogP contribution in [0.5, 0.6) is 11.5 Å². The summed E-state index contributed by atoms with van der Waals surface area (Å²) in [5.41, 5.74) is 1.01. The number of carbonyl (C=O) groups is 2. The fourth-order valence-corrected chi connectivity index (χ4v) is 3.81. The van der Waals surface area contributed by atoms with Crippen molar-refractivity contribution < 1.29 is 29.1 Å². The highest BCUT2D eigenvalue weighted by molar-refractivity contribution is 6.46. The Morgan fingerprint density at radius 1 is 1.03 bits per heavy atom. The molecule has 0 saturated carbocycles. The van der Waals surface area contributed by atoms with Gasteiger partial charge in [0, 0.05) is 5.57 Å². The fraction of sp³-hybridized carbons (Fsp3) is 0.385. The van der Waals surface area contributed by atoms with Crippen molar-refractivity contribution in [3.05, 3.63) is 65.2 Å². The number of rotatable bonds is 10. The van der Waals surface area contributed by atoms with E-state index < -0.39 is 23.5 Å². The summed E-state index contributed by atoms with van der Waals surface area (Å²) in [6.45, 7) is 5.97. The van der Waals surface area contributed by atoms with Crippen LogP contribution in [-0.4, -0.2) is 57.0 Å². The minimum Gasteiger partial charge on any atom is -0.872 e. The first-order chi connectivity index (χ1) is 15.9. The number of hydrogen-bond acceptors (Lipinski definition) is 5. The fourth-order valence-electron chi connectivity index (χ4n) is 3.81. The van der Waals surface area contributed by atoms with E-state index in [1.807, 2.05) is 52.2 Å². The largest absolute Gasteiger partial charge is 0.872 e. The number of carbonyl (C=O) groups excluding carboxylic acids is 2. The Morgan fingerprint density at radius 3 is 2.39 bits per heavy atom. The highest BCUT2D eigenvalue weighted by Gasteiger charge is 2.44. The SMILES string of the molecule is CCCOc1cccc(C2/C(=C(\[O-])c3ccc(OCC)cc3)C(=O)C(=O)N2CC[NH+](C)C)c1. The molecule has 1 atom stereocenters. The van der Waals surface area contributed by atoms with Crippen molar-refractivity contribution in [1.29, 1.82) is 0 Å². The maximum absolute atomic E-state index is 13.5. The maximum atomic E-state index is 13.5. The van der Waals surface area contributed by atoms with E-state index in [-0.39, 0.29) is 5.57 Å². The molecule has 0 aliphatic carbocycles. The lowest BCUT2D eigenvalue weighted by Crippen LogP contribution is -3.06. The molecule has 1 heterocycles. The zero-order valence-electron chi connectivity index (χ0n) is 19.7. The van der Waals surface area contributed by atoms with E-state index in [0.29, 0.717) is 48.9 Å². The van der Waals surface area contributed by atoms with Crippen LogP contribution in [-0.2, 0) is 9.59 Å². The summed E-state index contributed by atoms with van der Waals surface area (Å²) < 4.78 is 11.2. The Bertz CT molecular complexity index is 1010. The summed E-state index contributed by atoms with van der Waals surface area (Å²) in [6, 6.07) is 13.2. The first-order valence-electron chi connectivity index (χ1n) is 11.4. The molecular weight excluding hydrogens is 420 g/mol. The highest BCUT2D eigenvalue weighted by atomic mass is 16.5. The van der Waals surface area contributed by atoms with Crippen molar-refractivity contribution in [3.63, 3.8) is 0 Å². The zero-order valence-corrected chi connectivity index (χ0v) is 19.7. The second-order valence-electron chi connectivity index (χ2n) is 8.31. The lowest BCUT2D eigenvalue weighted by Gasteiger charge is -2.28. The molecule has 2 aromatic carbocycles. The minimum absolute atomic E-state index is 0.0226. The van der Waals surface area contributed by atoms with Crippen LogP contribution in [0, 0.1) is 0 Å². The molecule has 1 aliphatic heterocycles. The van der Waals surface area contributed by atoms with Crippen LogP contribution in [0.25, 0.3) is 5.76 Å². The Hall–Kier alpha value is -3.32. The second-order valence-corrected chi connectivity index (χ2v) is 8.31. The van der Waals surface area contributed by atoms with Gasteiger partial charge in [-0.1, -0.05) is 36.9 Å². The number of quaternary nitrogens is 1. The molecule has 1 unspecified atom stereocenters. The normalized spacial score (nSPS) is 17.6. The van der Waals surface area contributed by atoms with Gasteiger partial charge in [-0.05, 0) is 48.7 Å². The van der Waals surface area contributed by atoms with E-state index in [2.05, 4.69) is 0 Å². The third-order valence-electron chi connectivity index (χ3n) is 5.46. The molecule has 7 heteroatoms. The third-order valence-corrected chi connectivity index (χ3v) is 5.46. The standard InChI is InChI=1S/C26H32N2O5/c1-5-16-33-21-9-7-8-19(17-21)23-22(25(30)26(31)28(23)15-14-27(3)4)24(29)18-10-12-20(13-11-18)32-6-2/h7-13,17,23,29H,5-6,14-16H2,1-4H3/b24-22+. The van der Waals surface area contributed by atoms with E-state index in [9.17, 15) is 14.7 Å². The number of ether oxygens (including phenoxy) is 2. The van der Waals surface area contributed by atoms with Gasteiger partial charge in [-0.15, -0.1) is 0 Å². The Balaban J connectivity index is 2.08. The summed E-state index contributed by atoms with van der Waals surface area (Å²) in [6.07, 6.45) is 0.857. The molecule has 1 N–H and O–H groups in total. The molecule has 1 amide bonds. The number of hydrogen-bond donors (Lipinski definition) is 1. The van der Waals surface area contributed by atoms with E-state index in [1.54, 1.807) is 24.3 Å². The lowest BCUT2D eigenvalue weighted by molar-refractivity contribution is -0.857. The van der Waals surface area contributed by atoms with Crippen molar-refractivity contribution in [3.8, 4) is 11.5 Å². The topological polar surface area (TPSA) is 83.3 Å². The number of amides is 1. The van der Waals surface area contributed by atoms with Gasteiger partial charge in [0.25, 0.3) is 5.91 Å². The Kier molecular flexibility index (Phi) is 8.11. The predicted molar refractivity (Wildman–Crippen MR) is 124 cm³/mol. The molecule has 1 fully saturated rings. The second kappa shape index (κ2) is 11.0. The van der Waals surface area contributed by atoms with Gasteiger partial charge in [0.15, 0.2) is 0 Å².